The highest BCUT2D eigenvalue weighted by Crippen LogP contribution is 2.26. The van der Waals surface area contributed by atoms with E-state index in [0.717, 1.165) is 31.1 Å². The minimum Gasteiger partial charge on any atom is -0.371 e. The number of hydrogen-bond acceptors (Lipinski definition) is 2. The van der Waals surface area contributed by atoms with Crippen LogP contribution in [0.4, 0.5) is 10.1 Å². The maximum Gasteiger partial charge on any atom is 0.126 e. The fraction of sp³-hybridized carbons (Fsp3) is 0.562. The topological polar surface area (TPSA) is 27.0 Å². The fourth-order valence-electron chi connectivity index (χ4n) is 2.94. The van der Waals surface area contributed by atoms with Crippen LogP contribution in [0.15, 0.2) is 18.2 Å². The average molecular weight is 260 g/mol. The van der Waals surface area contributed by atoms with E-state index in [9.17, 15) is 4.39 Å². The Morgan fingerprint density at radius 1 is 1.32 bits per heavy atom. The van der Waals surface area contributed by atoms with Gasteiger partial charge in [-0.05, 0) is 43.4 Å². The van der Waals surface area contributed by atoms with Crippen LogP contribution < -0.4 is 4.90 Å². The molecule has 1 aromatic carbocycles. The highest BCUT2D eigenvalue weighted by atomic mass is 19.1. The lowest BCUT2D eigenvalue weighted by molar-refractivity contribution is 0.435. The van der Waals surface area contributed by atoms with Gasteiger partial charge in [0.2, 0.25) is 0 Å². The minimum absolute atomic E-state index is 0.316. The van der Waals surface area contributed by atoms with Crippen LogP contribution in [0.1, 0.15) is 44.6 Å². The fourth-order valence-corrected chi connectivity index (χ4v) is 2.94. The second-order valence-corrected chi connectivity index (χ2v) is 5.38. The summed E-state index contributed by atoms with van der Waals surface area (Å²) in [5.74, 6) is 0.488. The molecule has 1 saturated heterocycles. The van der Waals surface area contributed by atoms with Crippen molar-refractivity contribution in [2.75, 3.05) is 18.0 Å². The molecule has 1 heterocycles. The largest absolute Gasteiger partial charge is 0.371 e. The minimum atomic E-state index is -0.316. The highest BCUT2D eigenvalue weighted by Gasteiger charge is 2.17. The number of hydrogen-bond donors (Lipinski definition) is 0. The zero-order valence-corrected chi connectivity index (χ0v) is 11.5. The Morgan fingerprint density at radius 3 is 2.89 bits per heavy atom. The summed E-state index contributed by atoms with van der Waals surface area (Å²) in [6, 6.07) is 6.66. The number of nitrogens with zero attached hydrogens (tertiary/aromatic N) is 2. The van der Waals surface area contributed by atoms with E-state index >= 15 is 0 Å². The molecule has 19 heavy (non-hydrogen) atoms. The number of benzene rings is 1. The van der Waals surface area contributed by atoms with Crippen LogP contribution in [0.25, 0.3) is 0 Å². The molecule has 0 saturated carbocycles. The first-order chi connectivity index (χ1) is 9.22. The van der Waals surface area contributed by atoms with Gasteiger partial charge >= 0.3 is 0 Å². The van der Waals surface area contributed by atoms with Gasteiger partial charge in [-0.15, -0.1) is 0 Å². The van der Waals surface area contributed by atoms with Crippen molar-refractivity contribution in [1.29, 1.82) is 5.26 Å². The third kappa shape index (κ3) is 3.70. The van der Waals surface area contributed by atoms with Gasteiger partial charge in [0.05, 0.1) is 11.6 Å². The van der Waals surface area contributed by atoms with Gasteiger partial charge in [0.25, 0.3) is 0 Å². The number of anilines is 1. The summed E-state index contributed by atoms with van der Waals surface area (Å²) in [5.41, 5.74) is 1.26. The summed E-state index contributed by atoms with van der Waals surface area (Å²) >= 11 is 0. The number of nitriles is 1. The molecule has 1 fully saturated rings. The zero-order chi connectivity index (χ0) is 13.7. The molecule has 1 aliphatic heterocycles. The summed E-state index contributed by atoms with van der Waals surface area (Å²) < 4.78 is 13.5. The predicted octanol–water partition coefficient (Wildman–Crippen LogP) is 4.10. The van der Waals surface area contributed by atoms with Crippen LogP contribution in [-0.4, -0.2) is 13.1 Å². The van der Waals surface area contributed by atoms with Crippen molar-refractivity contribution in [1.82, 2.24) is 0 Å². The van der Waals surface area contributed by atoms with Crippen molar-refractivity contribution in [3.63, 3.8) is 0 Å². The van der Waals surface area contributed by atoms with E-state index in [1.54, 1.807) is 12.1 Å². The van der Waals surface area contributed by atoms with E-state index in [4.69, 9.17) is 5.26 Å². The van der Waals surface area contributed by atoms with Crippen LogP contribution >= 0.6 is 0 Å². The van der Waals surface area contributed by atoms with Crippen molar-refractivity contribution < 1.29 is 4.39 Å². The monoisotopic (exact) mass is 260 g/mol. The van der Waals surface area contributed by atoms with E-state index in [1.165, 1.54) is 31.7 Å². The van der Waals surface area contributed by atoms with E-state index in [1.807, 2.05) is 6.07 Å². The van der Waals surface area contributed by atoms with Gasteiger partial charge in [0, 0.05) is 18.8 Å². The molecule has 2 nitrogen and oxygen atoms in total. The number of halogens is 1. The van der Waals surface area contributed by atoms with Gasteiger partial charge in [0.15, 0.2) is 0 Å². The second-order valence-electron chi connectivity index (χ2n) is 5.38. The van der Waals surface area contributed by atoms with E-state index in [-0.39, 0.29) is 5.82 Å². The smallest absolute Gasteiger partial charge is 0.126 e. The molecule has 0 bridgehead atoms. The van der Waals surface area contributed by atoms with Crippen LogP contribution in [0, 0.1) is 23.1 Å². The van der Waals surface area contributed by atoms with Gasteiger partial charge < -0.3 is 4.90 Å². The van der Waals surface area contributed by atoms with Gasteiger partial charge in [0.1, 0.15) is 5.82 Å². The van der Waals surface area contributed by atoms with Gasteiger partial charge in [-0.1, -0.05) is 19.8 Å². The molecule has 0 spiro atoms. The summed E-state index contributed by atoms with van der Waals surface area (Å²) in [4.78, 5) is 2.22. The van der Waals surface area contributed by atoms with Crippen molar-refractivity contribution in [2.24, 2.45) is 5.92 Å². The third-order valence-corrected chi connectivity index (χ3v) is 3.92. The summed E-state index contributed by atoms with van der Waals surface area (Å²) in [7, 11) is 0. The first-order valence-electron chi connectivity index (χ1n) is 7.18. The van der Waals surface area contributed by atoms with Gasteiger partial charge in [-0.2, -0.15) is 5.26 Å². The van der Waals surface area contributed by atoms with E-state index in [0.29, 0.717) is 5.56 Å². The standard InChI is InChI=1S/C16H21FN2/c1-2-4-13-5-3-7-19(8-6-13)16-10-14(12-18)9-15(17)11-16/h9-11,13H,2-8H2,1H3. The second kappa shape index (κ2) is 6.56. The van der Waals surface area contributed by atoms with Crippen molar-refractivity contribution in [3.05, 3.63) is 29.6 Å². The Labute approximate surface area is 114 Å². The van der Waals surface area contributed by atoms with Crippen LogP contribution in [-0.2, 0) is 0 Å². The Bertz CT molecular complexity index is 464. The molecule has 1 atom stereocenters. The van der Waals surface area contributed by atoms with Crippen LogP contribution in [0.3, 0.4) is 0 Å². The summed E-state index contributed by atoms with van der Waals surface area (Å²) in [6.07, 6.45) is 6.13. The molecule has 2 rings (SSSR count). The first-order valence-corrected chi connectivity index (χ1v) is 7.18. The van der Waals surface area contributed by atoms with E-state index < -0.39 is 0 Å². The maximum atomic E-state index is 13.5. The molecular weight excluding hydrogens is 239 g/mol. The van der Waals surface area contributed by atoms with Crippen molar-refractivity contribution in [3.8, 4) is 6.07 Å². The lowest BCUT2D eigenvalue weighted by atomic mass is 9.96. The summed E-state index contributed by atoms with van der Waals surface area (Å²) in [5, 5.41) is 8.92. The van der Waals surface area contributed by atoms with Gasteiger partial charge in [-0.3, -0.25) is 0 Å². The van der Waals surface area contributed by atoms with Crippen molar-refractivity contribution in [2.45, 2.75) is 39.0 Å². The Morgan fingerprint density at radius 2 is 2.16 bits per heavy atom. The van der Waals surface area contributed by atoms with E-state index in [2.05, 4.69) is 11.8 Å². The molecule has 102 valence electrons. The Kier molecular flexibility index (Phi) is 4.79. The quantitative estimate of drug-likeness (QED) is 0.818. The SMILES string of the molecule is CCCC1CCCN(c2cc(F)cc(C#N)c2)CC1. The maximum absolute atomic E-state index is 13.5. The highest BCUT2D eigenvalue weighted by molar-refractivity contribution is 5.52. The Balaban J connectivity index is 2.10. The molecule has 3 heteroatoms. The predicted molar refractivity (Wildman–Crippen MR) is 75.6 cm³/mol. The number of rotatable bonds is 3. The molecule has 1 aromatic rings. The average Bonchev–Trinajstić information content (AvgIpc) is 2.64. The lowest BCUT2D eigenvalue weighted by Crippen LogP contribution is -2.24. The van der Waals surface area contributed by atoms with Crippen LogP contribution in [0.2, 0.25) is 0 Å². The molecule has 0 aromatic heterocycles. The molecule has 1 aliphatic rings. The summed E-state index contributed by atoms with van der Waals surface area (Å²) in [6.45, 7) is 4.17. The first kappa shape index (κ1) is 13.9. The normalized spacial score (nSPS) is 19.8. The molecule has 0 aliphatic carbocycles. The zero-order valence-electron chi connectivity index (χ0n) is 11.5. The molecular formula is C16H21FN2. The molecule has 0 amide bonds. The Hall–Kier alpha value is -1.56. The van der Waals surface area contributed by atoms with Crippen LogP contribution in [0.5, 0.6) is 0 Å². The van der Waals surface area contributed by atoms with Crippen molar-refractivity contribution >= 4 is 5.69 Å². The van der Waals surface area contributed by atoms with Gasteiger partial charge in [-0.25, -0.2) is 4.39 Å². The molecule has 1 unspecified atom stereocenters. The third-order valence-electron chi connectivity index (χ3n) is 3.92. The molecule has 0 N–H and O–H groups in total. The molecule has 0 radical (unpaired) electrons. The lowest BCUT2D eigenvalue weighted by Gasteiger charge is -2.23.